The summed E-state index contributed by atoms with van der Waals surface area (Å²) < 4.78 is 2.60. The van der Waals surface area contributed by atoms with Gasteiger partial charge in [0.05, 0.1) is 16.8 Å². The number of hydrogen-bond donors (Lipinski definition) is 0. The Morgan fingerprint density at radius 3 is 1.69 bits per heavy atom. The van der Waals surface area contributed by atoms with E-state index in [0.29, 0.717) is 0 Å². The van der Waals surface area contributed by atoms with Crippen molar-refractivity contribution in [1.29, 1.82) is 0 Å². The van der Waals surface area contributed by atoms with Gasteiger partial charge >= 0.3 is 0 Å². The molecule has 0 amide bonds. The molecule has 0 atom stereocenters. The Morgan fingerprint density at radius 2 is 0.885 bits per heavy atom. The molecule has 286 valence electrons. The number of nitrogens with zero attached hydrogens (tertiary/aromatic N) is 1. The standard InChI is InChI=1S/C59H39NS/c1-3-20-42(21-4-1)59(43-22-5-2-6-23-43)51-30-12-9-26-49(51)58-52(59)31-17-33-54(58)60(44-38-36-41(37-39-44)46-28-15-19-40-18-7-8-24-45(40)46)53-32-13-10-25-47(53)48-29-16-35-56-57(48)50-27-11-14-34-55(50)61-56/h1-39H. The molecule has 1 aliphatic rings. The van der Waals surface area contributed by atoms with Crippen LogP contribution in [0.25, 0.3) is 64.3 Å². The maximum Gasteiger partial charge on any atom is 0.0714 e. The molecule has 10 aromatic carbocycles. The van der Waals surface area contributed by atoms with Crippen LogP contribution in [0.3, 0.4) is 0 Å². The minimum absolute atomic E-state index is 0.519. The van der Waals surface area contributed by atoms with Crippen molar-refractivity contribution in [3.63, 3.8) is 0 Å². The van der Waals surface area contributed by atoms with Gasteiger partial charge in [-0.3, -0.25) is 0 Å². The normalized spacial score (nSPS) is 12.7. The number of anilines is 3. The quantitative estimate of drug-likeness (QED) is 0.155. The number of rotatable bonds is 7. The molecule has 1 nitrogen and oxygen atoms in total. The summed E-state index contributed by atoms with van der Waals surface area (Å²) >= 11 is 1.87. The van der Waals surface area contributed by atoms with Gasteiger partial charge in [-0.25, -0.2) is 0 Å². The van der Waals surface area contributed by atoms with E-state index < -0.39 is 5.41 Å². The van der Waals surface area contributed by atoms with Crippen molar-refractivity contribution in [3.8, 4) is 33.4 Å². The lowest BCUT2D eigenvalue weighted by Gasteiger charge is -2.34. The van der Waals surface area contributed by atoms with Gasteiger partial charge in [-0.05, 0) is 91.7 Å². The van der Waals surface area contributed by atoms with Crippen LogP contribution in [-0.2, 0) is 5.41 Å². The van der Waals surface area contributed by atoms with E-state index >= 15 is 0 Å². The zero-order valence-corrected chi connectivity index (χ0v) is 34.2. The molecule has 0 aliphatic heterocycles. The largest absolute Gasteiger partial charge is 0.309 e. The highest BCUT2D eigenvalue weighted by atomic mass is 32.1. The number of fused-ring (bicyclic) bond motifs is 7. The summed E-state index contributed by atoms with van der Waals surface area (Å²) in [7, 11) is 0. The van der Waals surface area contributed by atoms with Gasteiger partial charge in [0, 0.05) is 37.0 Å². The molecular weight excluding hydrogens is 755 g/mol. The monoisotopic (exact) mass is 793 g/mol. The highest BCUT2D eigenvalue weighted by Gasteiger charge is 2.47. The van der Waals surface area contributed by atoms with Gasteiger partial charge in [0.15, 0.2) is 0 Å². The van der Waals surface area contributed by atoms with Gasteiger partial charge in [0.1, 0.15) is 0 Å². The van der Waals surface area contributed by atoms with Crippen molar-refractivity contribution in [2.24, 2.45) is 0 Å². The van der Waals surface area contributed by atoms with E-state index in [1.165, 1.54) is 86.6 Å². The summed E-state index contributed by atoms with van der Waals surface area (Å²) in [5.41, 5.74) is 15.3. The summed E-state index contributed by atoms with van der Waals surface area (Å²) in [5.74, 6) is 0. The fourth-order valence-electron chi connectivity index (χ4n) is 10.2. The second-order valence-corrected chi connectivity index (χ2v) is 17.0. The first-order chi connectivity index (χ1) is 30.3. The van der Waals surface area contributed by atoms with Gasteiger partial charge < -0.3 is 4.90 Å². The average Bonchev–Trinajstić information content (AvgIpc) is 3.87. The molecule has 12 rings (SSSR count). The molecule has 0 saturated carbocycles. The van der Waals surface area contributed by atoms with Crippen LogP contribution in [0.2, 0.25) is 0 Å². The summed E-state index contributed by atoms with van der Waals surface area (Å²) in [5, 5.41) is 5.10. The number of thiophene rings is 1. The Kier molecular flexibility index (Phi) is 8.33. The minimum Gasteiger partial charge on any atom is -0.309 e. The first-order valence-electron chi connectivity index (χ1n) is 21.0. The molecule has 0 spiro atoms. The zero-order chi connectivity index (χ0) is 40.3. The number of benzene rings is 10. The van der Waals surface area contributed by atoms with Crippen LogP contribution >= 0.6 is 11.3 Å². The summed E-state index contributed by atoms with van der Waals surface area (Å²) in [6, 6.07) is 87.4. The molecule has 0 radical (unpaired) electrons. The smallest absolute Gasteiger partial charge is 0.0714 e. The fraction of sp³-hybridized carbons (Fsp3) is 0.0169. The zero-order valence-electron chi connectivity index (χ0n) is 33.4. The topological polar surface area (TPSA) is 3.24 Å². The molecule has 0 unspecified atom stereocenters. The third-order valence-electron chi connectivity index (χ3n) is 12.8. The van der Waals surface area contributed by atoms with Gasteiger partial charge in [-0.15, -0.1) is 11.3 Å². The Bertz CT molecular complexity index is 3370. The minimum atomic E-state index is -0.519. The van der Waals surface area contributed by atoms with Crippen LogP contribution in [0.5, 0.6) is 0 Å². The molecule has 0 saturated heterocycles. The predicted octanol–water partition coefficient (Wildman–Crippen LogP) is 16.4. The van der Waals surface area contributed by atoms with Crippen molar-refractivity contribution in [2.45, 2.75) is 5.41 Å². The number of hydrogen-bond acceptors (Lipinski definition) is 2. The first-order valence-corrected chi connectivity index (χ1v) is 21.8. The Morgan fingerprint density at radius 1 is 0.344 bits per heavy atom. The molecule has 1 aromatic heterocycles. The van der Waals surface area contributed by atoms with E-state index in [4.69, 9.17) is 0 Å². The van der Waals surface area contributed by atoms with Gasteiger partial charge in [0.25, 0.3) is 0 Å². The van der Waals surface area contributed by atoms with Crippen molar-refractivity contribution in [1.82, 2.24) is 0 Å². The van der Waals surface area contributed by atoms with Gasteiger partial charge in [-0.1, -0.05) is 200 Å². The van der Waals surface area contributed by atoms with E-state index in [0.717, 1.165) is 17.1 Å². The molecular formula is C59H39NS. The van der Waals surface area contributed by atoms with E-state index in [2.05, 4.69) is 241 Å². The Labute approximate surface area is 360 Å². The van der Waals surface area contributed by atoms with Crippen molar-refractivity contribution < 1.29 is 0 Å². The van der Waals surface area contributed by atoms with Crippen molar-refractivity contribution in [2.75, 3.05) is 4.90 Å². The van der Waals surface area contributed by atoms with E-state index in [9.17, 15) is 0 Å². The van der Waals surface area contributed by atoms with E-state index in [1.54, 1.807) is 0 Å². The van der Waals surface area contributed by atoms with Gasteiger partial charge in [0.2, 0.25) is 0 Å². The highest BCUT2D eigenvalue weighted by molar-refractivity contribution is 7.25. The van der Waals surface area contributed by atoms with Crippen LogP contribution in [0.1, 0.15) is 22.3 Å². The predicted molar refractivity (Wildman–Crippen MR) is 260 cm³/mol. The molecule has 1 aliphatic carbocycles. The van der Waals surface area contributed by atoms with Crippen molar-refractivity contribution >= 4 is 59.3 Å². The van der Waals surface area contributed by atoms with E-state index in [1.807, 2.05) is 11.3 Å². The maximum absolute atomic E-state index is 2.53. The lowest BCUT2D eigenvalue weighted by atomic mass is 9.68. The molecule has 0 N–H and O–H groups in total. The third-order valence-corrected chi connectivity index (χ3v) is 13.9. The van der Waals surface area contributed by atoms with Crippen LogP contribution in [0.4, 0.5) is 17.1 Å². The third kappa shape index (κ3) is 5.46. The summed E-state index contributed by atoms with van der Waals surface area (Å²) in [6.45, 7) is 0. The maximum atomic E-state index is 2.53. The van der Waals surface area contributed by atoms with Crippen LogP contribution in [-0.4, -0.2) is 0 Å². The molecule has 0 fully saturated rings. The van der Waals surface area contributed by atoms with Gasteiger partial charge in [-0.2, -0.15) is 0 Å². The fourth-order valence-corrected chi connectivity index (χ4v) is 11.4. The van der Waals surface area contributed by atoms with E-state index in [-0.39, 0.29) is 0 Å². The average molecular weight is 794 g/mol. The first kappa shape index (κ1) is 35.4. The molecule has 0 bridgehead atoms. The highest BCUT2D eigenvalue weighted by Crippen LogP contribution is 2.60. The summed E-state index contributed by atoms with van der Waals surface area (Å²) in [4.78, 5) is 2.53. The lowest BCUT2D eigenvalue weighted by Crippen LogP contribution is -2.28. The number of para-hydroxylation sites is 1. The second-order valence-electron chi connectivity index (χ2n) is 15.9. The van der Waals surface area contributed by atoms with Crippen LogP contribution in [0, 0.1) is 0 Å². The Balaban J connectivity index is 1.15. The second kappa shape index (κ2) is 14.3. The molecule has 61 heavy (non-hydrogen) atoms. The van der Waals surface area contributed by atoms with Crippen LogP contribution in [0.15, 0.2) is 237 Å². The van der Waals surface area contributed by atoms with Crippen molar-refractivity contribution in [3.05, 3.63) is 259 Å². The summed E-state index contributed by atoms with van der Waals surface area (Å²) in [6.07, 6.45) is 0. The Hall–Kier alpha value is -7.52. The SMILES string of the molecule is c1ccc(C2(c3ccccc3)c3ccccc3-c3c(N(c4ccc(-c5cccc6ccccc56)cc4)c4ccccc4-c4cccc5sc6ccccc6c45)cccc32)cc1. The van der Waals surface area contributed by atoms with Crippen LogP contribution < -0.4 is 4.90 Å². The molecule has 11 aromatic rings. The lowest BCUT2D eigenvalue weighted by molar-refractivity contribution is 0.768. The molecule has 2 heteroatoms. The molecule has 1 heterocycles.